The van der Waals surface area contributed by atoms with Crippen LogP contribution < -0.4 is 5.73 Å². The summed E-state index contributed by atoms with van der Waals surface area (Å²) in [5.41, 5.74) is 10.0. The van der Waals surface area contributed by atoms with Crippen LogP contribution in [0.2, 0.25) is 0 Å². The molecular formula is C24H37NO4S. The molecule has 0 heterocycles. The number of ether oxygens (including phenoxy) is 1. The van der Waals surface area contributed by atoms with Crippen LogP contribution >= 0.6 is 11.8 Å². The molecule has 0 aliphatic rings. The van der Waals surface area contributed by atoms with Crippen molar-refractivity contribution in [2.24, 2.45) is 5.73 Å². The Hall–Kier alpha value is -1.92. The molecule has 5 nitrogen and oxygen atoms in total. The minimum Gasteiger partial charge on any atom is -0.468 e. The first kappa shape index (κ1) is 28.1. The molecule has 0 amide bonds. The van der Waals surface area contributed by atoms with Crippen LogP contribution in [0.1, 0.15) is 67.2 Å². The Balaban J connectivity index is 5.53. The van der Waals surface area contributed by atoms with Crippen molar-refractivity contribution in [2.45, 2.75) is 73.3 Å². The normalized spacial score (nSPS) is 13.1. The zero-order chi connectivity index (χ0) is 23.3. The zero-order valence-corrected chi connectivity index (χ0v) is 20.3. The number of thioether (sulfide) groups is 1. The van der Waals surface area contributed by atoms with Gasteiger partial charge in [-0.05, 0) is 73.3 Å². The SMILES string of the molecule is COC(=O)C(N)CSC(=O)/C(C(=O)/C=C(\C)CCC=C(C)C)=C(\C)CCC=C(C)C. The summed E-state index contributed by atoms with van der Waals surface area (Å²) in [5, 5.41) is -0.359. The molecule has 1 atom stereocenters. The molecule has 0 rings (SSSR count). The summed E-state index contributed by atoms with van der Waals surface area (Å²) in [6, 6.07) is -0.910. The molecule has 2 N–H and O–H groups in total. The van der Waals surface area contributed by atoms with Gasteiger partial charge in [-0.15, -0.1) is 0 Å². The maximum Gasteiger partial charge on any atom is 0.323 e. The second-order valence-electron chi connectivity index (χ2n) is 7.88. The van der Waals surface area contributed by atoms with Gasteiger partial charge < -0.3 is 10.5 Å². The van der Waals surface area contributed by atoms with Crippen molar-refractivity contribution in [3.8, 4) is 0 Å². The van der Waals surface area contributed by atoms with E-state index < -0.39 is 12.0 Å². The van der Waals surface area contributed by atoms with Gasteiger partial charge in [-0.25, -0.2) is 0 Å². The number of nitrogens with two attached hydrogens (primary N) is 1. The number of esters is 1. The molecule has 168 valence electrons. The molecule has 6 heteroatoms. The van der Waals surface area contributed by atoms with E-state index in [1.165, 1.54) is 18.3 Å². The third kappa shape index (κ3) is 11.9. The van der Waals surface area contributed by atoms with Gasteiger partial charge in [0.25, 0.3) is 0 Å². The molecule has 0 spiro atoms. The monoisotopic (exact) mass is 435 g/mol. The Morgan fingerprint density at radius 2 is 1.47 bits per heavy atom. The third-order valence-corrected chi connectivity index (χ3v) is 5.31. The molecule has 0 bridgehead atoms. The van der Waals surface area contributed by atoms with Gasteiger partial charge in [0.05, 0.1) is 12.7 Å². The molecular weight excluding hydrogens is 398 g/mol. The van der Waals surface area contributed by atoms with Crippen LogP contribution in [0.5, 0.6) is 0 Å². The first-order chi connectivity index (χ1) is 14.0. The van der Waals surface area contributed by atoms with Crippen molar-refractivity contribution in [1.82, 2.24) is 0 Å². The summed E-state index contributed by atoms with van der Waals surface area (Å²) in [6.07, 6.45) is 8.75. The fraction of sp³-hybridized carbons (Fsp3) is 0.542. The van der Waals surface area contributed by atoms with Gasteiger partial charge in [-0.3, -0.25) is 14.4 Å². The van der Waals surface area contributed by atoms with Gasteiger partial charge in [0.2, 0.25) is 5.12 Å². The lowest BCUT2D eigenvalue weighted by Gasteiger charge is -2.11. The number of ketones is 1. The van der Waals surface area contributed by atoms with Crippen molar-refractivity contribution >= 4 is 28.6 Å². The lowest BCUT2D eigenvalue weighted by atomic mass is 9.99. The molecule has 0 radical (unpaired) electrons. The highest BCUT2D eigenvalue weighted by molar-refractivity contribution is 8.14. The lowest BCUT2D eigenvalue weighted by Crippen LogP contribution is -2.34. The van der Waals surface area contributed by atoms with E-state index >= 15 is 0 Å². The zero-order valence-electron chi connectivity index (χ0n) is 19.5. The summed E-state index contributed by atoms with van der Waals surface area (Å²) in [7, 11) is 1.25. The molecule has 0 aromatic carbocycles. The van der Waals surface area contributed by atoms with Crippen LogP contribution in [0.3, 0.4) is 0 Å². The summed E-state index contributed by atoms with van der Waals surface area (Å²) in [6.45, 7) is 11.8. The second kappa shape index (κ2) is 15.0. The van der Waals surface area contributed by atoms with E-state index in [4.69, 9.17) is 5.73 Å². The smallest absolute Gasteiger partial charge is 0.323 e. The van der Waals surface area contributed by atoms with E-state index in [0.29, 0.717) is 6.42 Å². The van der Waals surface area contributed by atoms with Crippen LogP contribution in [-0.4, -0.2) is 35.8 Å². The molecule has 0 saturated heterocycles. The van der Waals surface area contributed by atoms with Crippen molar-refractivity contribution in [3.05, 3.63) is 46.1 Å². The minimum atomic E-state index is -0.910. The highest BCUT2D eigenvalue weighted by Gasteiger charge is 2.23. The first-order valence-electron chi connectivity index (χ1n) is 10.2. The largest absolute Gasteiger partial charge is 0.468 e. The Morgan fingerprint density at radius 1 is 0.933 bits per heavy atom. The van der Waals surface area contributed by atoms with Crippen LogP contribution in [-0.2, 0) is 19.1 Å². The van der Waals surface area contributed by atoms with Gasteiger partial charge >= 0.3 is 5.97 Å². The van der Waals surface area contributed by atoms with Crippen LogP contribution in [0.15, 0.2) is 46.1 Å². The Bertz CT molecular complexity index is 736. The standard InChI is InChI=1S/C24H37NO4S/c1-16(2)10-8-12-18(5)14-21(26)22(19(6)13-9-11-17(3)4)24(28)30-15-20(25)23(27)29-7/h10-11,14,20H,8-9,12-13,15,25H2,1-7H3/b18-14+,22-19+. The van der Waals surface area contributed by atoms with Crippen LogP contribution in [0.25, 0.3) is 0 Å². The van der Waals surface area contributed by atoms with E-state index in [9.17, 15) is 14.4 Å². The number of allylic oxidation sites excluding steroid dienone is 7. The van der Waals surface area contributed by atoms with E-state index in [1.54, 1.807) is 6.08 Å². The number of carbonyl (C=O) groups excluding carboxylic acids is 3. The van der Waals surface area contributed by atoms with E-state index in [2.05, 4.69) is 16.9 Å². The highest BCUT2D eigenvalue weighted by atomic mass is 32.2. The number of hydrogen-bond acceptors (Lipinski definition) is 6. The topological polar surface area (TPSA) is 86.5 Å². The minimum absolute atomic E-state index is 0.0623. The molecule has 0 aliphatic heterocycles. The number of methoxy groups -OCH3 is 1. The summed E-state index contributed by atoms with van der Waals surface area (Å²) >= 11 is 0.884. The highest BCUT2D eigenvalue weighted by Crippen LogP contribution is 2.22. The lowest BCUT2D eigenvalue weighted by molar-refractivity contribution is -0.141. The van der Waals surface area contributed by atoms with Crippen molar-refractivity contribution in [3.63, 3.8) is 0 Å². The molecule has 0 aliphatic carbocycles. The summed E-state index contributed by atoms with van der Waals surface area (Å²) < 4.78 is 4.59. The fourth-order valence-corrected chi connectivity index (χ4v) is 3.49. The number of rotatable bonds is 12. The maximum atomic E-state index is 12.9. The predicted molar refractivity (Wildman–Crippen MR) is 126 cm³/mol. The van der Waals surface area contributed by atoms with Gasteiger partial charge in [0.15, 0.2) is 5.78 Å². The molecule has 0 fully saturated rings. The van der Waals surface area contributed by atoms with Gasteiger partial charge in [0, 0.05) is 5.75 Å². The fourth-order valence-electron chi connectivity index (χ4n) is 2.60. The third-order valence-electron chi connectivity index (χ3n) is 4.32. The van der Waals surface area contributed by atoms with E-state index in [1.807, 2.05) is 41.5 Å². The number of carbonyl (C=O) groups is 3. The van der Waals surface area contributed by atoms with Crippen molar-refractivity contribution in [2.75, 3.05) is 12.9 Å². The summed E-state index contributed by atoms with van der Waals surface area (Å²) in [5.74, 6) is -0.807. The molecule has 0 aromatic heterocycles. The van der Waals surface area contributed by atoms with Crippen LogP contribution in [0.4, 0.5) is 0 Å². The second-order valence-corrected chi connectivity index (χ2v) is 8.87. The molecule has 0 aromatic rings. The maximum absolute atomic E-state index is 12.9. The van der Waals surface area contributed by atoms with Crippen LogP contribution in [0, 0.1) is 0 Å². The average Bonchev–Trinajstić information content (AvgIpc) is 2.64. The predicted octanol–water partition coefficient (Wildman–Crippen LogP) is 5.07. The molecule has 30 heavy (non-hydrogen) atoms. The first-order valence-corrected chi connectivity index (χ1v) is 11.2. The van der Waals surface area contributed by atoms with Gasteiger partial charge in [-0.2, -0.15) is 0 Å². The summed E-state index contributed by atoms with van der Waals surface area (Å²) in [4.78, 5) is 37.3. The quantitative estimate of drug-likeness (QED) is 0.151. The molecule has 1 unspecified atom stereocenters. The Kier molecular flexibility index (Phi) is 14.0. The van der Waals surface area contributed by atoms with Gasteiger partial charge in [-0.1, -0.05) is 46.2 Å². The van der Waals surface area contributed by atoms with E-state index in [-0.39, 0.29) is 22.2 Å². The number of hydrogen-bond donors (Lipinski definition) is 1. The van der Waals surface area contributed by atoms with Crippen molar-refractivity contribution in [1.29, 1.82) is 0 Å². The van der Waals surface area contributed by atoms with Gasteiger partial charge in [0.1, 0.15) is 6.04 Å². The van der Waals surface area contributed by atoms with E-state index in [0.717, 1.165) is 42.2 Å². The molecule has 0 saturated carbocycles. The van der Waals surface area contributed by atoms with Crippen molar-refractivity contribution < 1.29 is 19.1 Å². The Labute approximate surface area is 185 Å². The Morgan fingerprint density at radius 3 is 1.97 bits per heavy atom. The average molecular weight is 436 g/mol.